The molecule has 1 rings (SSSR count). The van der Waals surface area contributed by atoms with Crippen LogP contribution in [0.15, 0.2) is 0 Å². The lowest BCUT2D eigenvalue weighted by atomic mass is 10.1. The Morgan fingerprint density at radius 1 is 1.20 bits per heavy atom. The van der Waals surface area contributed by atoms with Crippen LogP contribution < -0.4 is 0 Å². The molecule has 1 aromatic heterocycles. The van der Waals surface area contributed by atoms with Gasteiger partial charge in [0.25, 0.3) is 0 Å². The fourth-order valence-electron chi connectivity index (χ4n) is 1.10. The molecule has 0 bridgehead atoms. The third-order valence-corrected chi connectivity index (χ3v) is 1.93. The molecule has 86 valence electrons. The number of halogens is 5. The summed E-state index contributed by atoms with van der Waals surface area (Å²) in [4.78, 5) is 0. The lowest BCUT2D eigenvalue weighted by Crippen LogP contribution is -2.29. The average Bonchev–Trinajstić information content (AvgIpc) is 2.25. The molecule has 0 aromatic carbocycles. The summed E-state index contributed by atoms with van der Waals surface area (Å²) in [5, 5.41) is 2.57. The highest BCUT2D eigenvalue weighted by Gasteiger charge is 2.42. The number of hydrogen-bond acceptors (Lipinski definition) is 1. The monoisotopic (exact) mass is 244 g/mol. The number of rotatable bonds is 0. The molecule has 0 radical (unpaired) electrons. The van der Waals surface area contributed by atoms with Crippen LogP contribution in [-0.2, 0) is 11.7 Å². The summed E-state index contributed by atoms with van der Waals surface area (Å²) in [5.41, 5.74) is -2.43. The zero-order valence-electron chi connectivity index (χ0n) is 8.28. The van der Waals surface area contributed by atoms with Crippen LogP contribution in [0.5, 0.6) is 0 Å². The smallest absolute Gasteiger partial charge is 0.251 e. The van der Waals surface area contributed by atoms with Crippen LogP contribution in [0.1, 0.15) is 26.5 Å². The maximum Gasteiger partial charge on any atom is 0.436 e. The van der Waals surface area contributed by atoms with Crippen molar-refractivity contribution in [2.45, 2.75) is 32.5 Å². The maximum absolute atomic E-state index is 13.1. The Hall–Kier alpha value is -0.780. The molecule has 1 heterocycles. The summed E-state index contributed by atoms with van der Waals surface area (Å²) >= 11 is 5.24. The third kappa shape index (κ3) is 2.25. The Morgan fingerprint density at radius 2 is 1.67 bits per heavy atom. The molecule has 0 fully saturated rings. The quantitative estimate of drug-likeness (QED) is 0.639. The van der Waals surface area contributed by atoms with Crippen molar-refractivity contribution in [3.8, 4) is 0 Å². The summed E-state index contributed by atoms with van der Waals surface area (Å²) in [5.74, 6) is -1.53. The third-order valence-electron chi connectivity index (χ3n) is 1.69. The van der Waals surface area contributed by atoms with E-state index in [1.54, 1.807) is 0 Å². The molecule has 7 heteroatoms. The van der Waals surface area contributed by atoms with E-state index in [0.717, 1.165) is 0 Å². The van der Waals surface area contributed by atoms with E-state index in [2.05, 4.69) is 5.10 Å². The predicted octanol–water partition coefficient (Wildman–Crippen LogP) is 3.45. The van der Waals surface area contributed by atoms with Gasteiger partial charge in [-0.15, -0.1) is 0 Å². The highest BCUT2D eigenvalue weighted by atomic mass is 35.5. The number of aromatic nitrogens is 2. The average molecular weight is 245 g/mol. The Kier molecular flexibility index (Phi) is 2.76. The van der Waals surface area contributed by atoms with Gasteiger partial charge in [-0.05, 0) is 20.8 Å². The second-order valence-electron chi connectivity index (χ2n) is 4.03. The Bertz CT molecular complexity index is 375. The van der Waals surface area contributed by atoms with Crippen LogP contribution in [0.2, 0.25) is 5.15 Å². The molecule has 2 nitrogen and oxygen atoms in total. The van der Waals surface area contributed by atoms with E-state index in [1.807, 2.05) is 0 Å². The molecule has 0 amide bonds. The van der Waals surface area contributed by atoms with E-state index in [9.17, 15) is 17.6 Å². The summed E-state index contributed by atoms with van der Waals surface area (Å²) < 4.78 is 51.1. The summed E-state index contributed by atoms with van der Waals surface area (Å²) in [6.45, 7) is 4.43. The topological polar surface area (TPSA) is 17.8 Å². The first kappa shape index (κ1) is 12.3. The molecule has 0 spiro atoms. The van der Waals surface area contributed by atoms with Crippen molar-refractivity contribution in [2.24, 2.45) is 0 Å². The van der Waals surface area contributed by atoms with Crippen molar-refractivity contribution in [2.75, 3.05) is 0 Å². The van der Waals surface area contributed by atoms with E-state index >= 15 is 0 Å². The van der Waals surface area contributed by atoms with Gasteiger partial charge in [0.1, 0.15) is 0 Å². The molecule has 0 aliphatic rings. The van der Waals surface area contributed by atoms with Gasteiger partial charge in [0.2, 0.25) is 0 Å². The van der Waals surface area contributed by atoms with Crippen molar-refractivity contribution >= 4 is 11.6 Å². The van der Waals surface area contributed by atoms with E-state index < -0.39 is 28.4 Å². The molecule has 0 saturated heterocycles. The normalized spacial score (nSPS) is 13.3. The predicted molar refractivity (Wildman–Crippen MR) is 47.2 cm³/mol. The zero-order valence-corrected chi connectivity index (χ0v) is 9.04. The minimum absolute atomic E-state index is 0.546. The van der Waals surface area contributed by atoms with Crippen molar-refractivity contribution in [3.63, 3.8) is 0 Å². The molecule has 0 saturated carbocycles. The minimum atomic E-state index is -4.81. The first-order valence-electron chi connectivity index (χ1n) is 4.07. The van der Waals surface area contributed by atoms with Crippen LogP contribution in [0.3, 0.4) is 0 Å². The molecule has 0 unspecified atom stereocenters. The molecular weight excluding hydrogens is 236 g/mol. The second-order valence-corrected chi connectivity index (χ2v) is 4.39. The molecule has 15 heavy (non-hydrogen) atoms. The van der Waals surface area contributed by atoms with E-state index in [4.69, 9.17) is 11.6 Å². The van der Waals surface area contributed by atoms with Crippen LogP contribution in [0.25, 0.3) is 0 Å². The van der Waals surface area contributed by atoms with Crippen molar-refractivity contribution < 1.29 is 17.6 Å². The number of alkyl halides is 3. The largest absolute Gasteiger partial charge is 0.436 e. The lowest BCUT2D eigenvalue weighted by molar-refractivity contribution is -0.148. The second kappa shape index (κ2) is 3.37. The number of nitrogens with zero attached hydrogens (tertiary/aromatic N) is 2. The molecule has 0 atom stereocenters. The SMILES string of the molecule is CC(C)(C)n1nc(Cl)c(F)c1C(F)(F)F. The first-order valence-corrected chi connectivity index (χ1v) is 4.44. The van der Waals surface area contributed by atoms with Gasteiger partial charge in [-0.2, -0.15) is 18.3 Å². The van der Waals surface area contributed by atoms with Crippen molar-refractivity contribution in [1.82, 2.24) is 9.78 Å². The summed E-state index contributed by atoms with van der Waals surface area (Å²) in [7, 11) is 0. The van der Waals surface area contributed by atoms with Gasteiger partial charge in [-0.1, -0.05) is 11.6 Å². The van der Waals surface area contributed by atoms with Gasteiger partial charge < -0.3 is 0 Å². The fraction of sp³-hybridized carbons (Fsp3) is 0.625. The Morgan fingerprint density at radius 3 is 1.93 bits per heavy atom. The minimum Gasteiger partial charge on any atom is -0.251 e. The van der Waals surface area contributed by atoms with Gasteiger partial charge in [0.15, 0.2) is 16.7 Å². The van der Waals surface area contributed by atoms with Crippen LogP contribution >= 0.6 is 11.6 Å². The summed E-state index contributed by atoms with van der Waals surface area (Å²) in [6.07, 6.45) is -4.81. The van der Waals surface area contributed by atoms with Gasteiger partial charge in [0.05, 0.1) is 5.54 Å². The maximum atomic E-state index is 13.1. The highest BCUT2D eigenvalue weighted by molar-refractivity contribution is 6.29. The molecule has 1 aromatic rings. The zero-order chi connectivity index (χ0) is 12.0. The lowest BCUT2D eigenvalue weighted by Gasteiger charge is -2.22. The Labute approximate surface area is 88.8 Å². The standard InChI is InChI=1S/C8H9ClF4N2/c1-7(2,3)15-5(8(11,12)13)4(10)6(9)14-15/h1-3H3. The van der Waals surface area contributed by atoms with Gasteiger partial charge in [-0.3, -0.25) is 4.68 Å². The molecule has 0 aliphatic carbocycles. The first-order chi connectivity index (χ1) is 6.55. The highest BCUT2D eigenvalue weighted by Crippen LogP contribution is 2.36. The van der Waals surface area contributed by atoms with E-state index in [0.29, 0.717) is 4.68 Å². The van der Waals surface area contributed by atoms with Crippen LogP contribution in [-0.4, -0.2) is 9.78 Å². The molecule has 0 N–H and O–H groups in total. The van der Waals surface area contributed by atoms with Gasteiger partial charge in [-0.25, -0.2) is 4.39 Å². The van der Waals surface area contributed by atoms with Crippen molar-refractivity contribution in [3.05, 3.63) is 16.7 Å². The van der Waals surface area contributed by atoms with Gasteiger partial charge >= 0.3 is 6.18 Å². The molecule has 0 aliphatic heterocycles. The molecular formula is C8H9ClF4N2. The van der Waals surface area contributed by atoms with E-state index in [1.165, 1.54) is 20.8 Å². The van der Waals surface area contributed by atoms with Crippen molar-refractivity contribution in [1.29, 1.82) is 0 Å². The van der Waals surface area contributed by atoms with Crippen LogP contribution in [0, 0.1) is 5.82 Å². The fourth-order valence-corrected chi connectivity index (χ4v) is 1.27. The van der Waals surface area contributed by atoms with Gasteiger partial charge in [0, 0.05) is 0 Å². The summed E-state index contributed by atoms with van der Waals surface area (Å²) in [6, 6.07) is 0. The number of hydrogen-bond donors (Lipinski definition) is 0. The van der Waals surface area contributed by atoms with Crippen LogP contribution in [0.4, 0.5) is 17.6 Å². The Balaban J connectivity index is 3.48. The van der Waals surface area contributed by atoms with E-state index in [-0.39, 0.29) is 0 Å².